The standard InChI is InChI=1S/C12H29F5O5Si4.C2H2F4.2C2H6.6CH4.F2/c1-23-20-25(3,4)22-26(5,21-24-2)8-6-7-18-9-11(14,19-10-13)12(15,16)17;3-1-2(4,5)6;2*1-2;;;;;;;1-2/h6-10,23-24H2,1-5H3;1H2;2*1-2H3;6*1H4;. The molecular formula is C24H67F11O5Si4. The SMILES string of the molecule is C.C.C.C.C.C.CC.CC.C[SiH2]O[Si](C)(C)O[Si](C)(CCCOCC(F)(OCF)C(F)(F)F)O[SiH2]C.FCC(F)(F)F.FF. The number of hydrogen-bond donors (Lipinski definition) is 0. The molecule has 0 aromatic rings. The Morgan fingerprint density at radius 1 is 0.682 bits per heavy atom. The van der Waals surface area contributed by atoms with Crippen LogP contribution < -0.4 is 0 Å². The van der Waals surface area contributed by atoms with Gasteiger partial charge in [0.15, 0.2) is 13.5 Å². The number of rotatable bonds is 14. The van der Waals surface area contributed by atoms with Crippen LogP contribution >= 0.6 is 0 Å². The van der Waals surface area contributed by atoms with E-state index in [1.165, 1.54) is 0 Å². The smallest absolute Gasteiger partial charge is 0.442 e. The van der Waals surface area contributed by atoms with E-state index in [2.05, 4.69) is 4.74 Å². The van der Waals surface area contributed by atoms with Crippen LogP contribution in [0.15, 0.2) is 0 Å². The Bertz CT molecular complexity index is 516. The lowest BCUT2D eigenvalue weighted by Gasteiger charge is -2.35. The molecule has 2 atom stereocenters. The minimum absolute atomic E-state index is 0. The first kappa shape index (κ1) is 74.6. The molecule has 0 fully saturated rings. The molecule has 0 amide bonds. The van der Waals surface area contributed by atoms with Gasteiger partial charge in [-0.2, -0.15) is 30.7 Å². The van der Waals surface area contributed by atoms with Gasteiger partial charge in [0, 0.05) is 15.8 Å². The summed E-state index contributed by atoms with van der Waals surface area (Å²) in [4.78, 5) is 0. The van der Waals surface area contributed by atoms with Crippen molar-refractivity contribution in [1.29, 1.82) is 0 Å². The largest absolute Gasteiger partial charge is 0.450 e. The van der Waals surface area contributed by atoms with Crippen molar-refractivity contribution in [2.24, 2.45) is 0 Å². The Kier molecular flexibility index (Phi) is 69.4. The van der Waals surface area contributed by atoms with E-state index < -0.39 is 75.0 Å². The zero-order chi connectivity index (χ0) is 31.7. The summed E-state index contributed by atoms with van der Waals surface area (Å²) < 4.78 is 147. The van der Waals surface area contributed by atoms with Gasteiger partial charge in [0.05, 0.1) is 0 Å². The van der Waals surface area contributed by atoms with Gasteiger partial charge in [-0.1, -0.05) is 85.3 Å². The van der Waals surface area contributed by atoms with Crippen molar-refractivity contribution >= 4 is 36.6 Å². The van der Waals surface area contributed by atoms with E-state index in [9.17, 15) is 39.5 Å². The molecule has 44 heavy (non-hydrogen) atoms. The Hall–Kier alpha value is -0.102. The van der Waals surface area contributed by atoms with Gasteiger partial charge in [-0.05, 0) is 32.1 Å². The Labute approximate surface area is 269 Å². The highest BCUT2D eigenvalue weighted by Gasteiger charge is 2.58. The third-order valence-electron chi connectivity index (χ3n) is 3.47. The second-order valence-corrected chi connectivity index (χ2v) is 16.7. The van der Waals surface area contributed by atoms with Gasteiger partial charge >= 0.3 is 35.3 Å². The first-order chi connectivity index (χ1) is 17.4. The molecule has 0 bridgehead atoms. The number of alkyl halides is 9. The molecule has 0 aliphatic heterocycles. The van der Waals surface area contributed by atoms with Crippen LogP contribution in [-0.2, 0) is 21.8 Å². The summed E-state index contributed by atoms with van der Waals surface area (Å²) in [6, 6.07) is 0.480. The van der Waals surface area contributed by atoms with Gasteiger partial charge in [0.2, 0.25) is 0 Å². The molecule has 0 spiro atoms. The monoisotopic (exact) mass is 756 g/mol. The molecule has 0 aromatic heterocycles. The predicted octanol–water partition coefficient (Wildman–Crippen LogP) is 10.9. The fraction of sp³-hybridized carbons (Fsp3) is 1.00. The molecule has 0 saturated carbocycles. The third-order valence-corrected chi connectivity index (χ3v) is 16.0. The van der Waals surface area contributed by atoms with Crippen molar-refractivity contribution in [3.63, 3.8) is 0 Å². The highest BCUT2D eigenvalue weighted by atomic mass is 28.5. The first-order valence-electron chi connectivity index (χ1n) is 11.7. The van der Waals surface area contributed by atoms with E-state index in [4.69, 9.17) is 26.2 Å². The first-order valence-corrected chi connectivity index (χ1v) is 21.0. The lowest BCUT2D eigenvalue weighted by Crippen LogP contribution is -2.51. The maximum absolute atomic E-state index is 13.6. The fourth-order valence-electron chi connectivity index (χ4n) is 2.35. The zero-order valence-corrected chi connectivity index (χ0v) is 28.2. The molecule has 0 N–H and O–H groups in total. The van der Waals surface area contributed by atoms with Crippen molar-refractivity contribution < 1.29 is 70.5 Å². The summed E-state index contributed by atoms with van der Waals surface area (Å²) in [5.41, 5.74) is 0. The summed E-state index contributed by atoms with van der Waals surface area (Å²) in [6.45, 7) is 12.0. The lowest BCUT2D eigenvalue weighted by atomic mass is 10.3. The maximum Gasteiger partial charge on any atom is 0.450 e. The summed E-state index contributed by atoms with van der Waals surface area (Å²) in [7, 11) is -6.23. The van der Waals surface area contributed by atoms with E-state index >= 15 is 0 Å². The minimum Gasteiger partial charge on any atom is -0.442 e. The zero-order valence-electron chi connectivity index (χ0n) is 23.4. The van der Waals surface area contributed by atoms with Crippen LogP contribution in [0.3, 0.4) is 0 Å². The molecule has 0 aliphatic carbocycles. The molecule has 0 aliphatic rings. The highest BCUT2D eigenvalue weighted by Crippen LogP contribution is 2.35. The van der Waals surface area contributed by atoms with Gasteiger partial charge in [0.25, 0.3) is 0 Å². The van der Waals surface area contributed by atoms with Gasteiger partial charge in [-0.25, -0.2) is 8.78 Å². The van der Waals surface area contributed by atoms with E-state index in [0.717, 1.165) is 0 Å². The van der Waals surface area contributed by atoms with E-state index in [1.54, 1.807) is 0 Å². The number of hydrogen-bond acceptors (Lipinski definition) is 5. The number of ether oxygens (including phenoxy) is 2. The van der Waals surface area contributed by atoms with Crippen molar-refractivity contribution in [3.05, 3.63) is 0 Å². The molecule has 20 heteroatoms. The van der Waals surface area contributed by atoms with E-state index in [-0.39, 0.29) is 51.2 Å². The van der Waals surface area contributed by atoms with Gasteiger partial charge in [-0.3, -0.25) is 0 Å². The average molecular weight is 757 g/mol. The van der Waals surface area contributed by atoms with Crippen LogP contribution in [0.1, 0.15) is 78.7 Å². The van der Waals surface area contributed by atoms with Crippen LogP contribution in [0, 0.1) is 0 Å². The molecule has 0 rings (SSSR count). The molecular weight excluding hydrogens is 690 g/mol. The molecule has 5 nitrogen and oxygen atoms in total. The molecule has 0 saturated heterocycles. The van der Waals surface area contributed by atoms with Crippen molar-refractivity contribution in [1.82, 2.24) is 0 Å². The van der Waals surface area contributed by atoms with Crippen LogP contribution in [-0.4, -0.2) is 81.6 Å². The minimum atomic E-state index is -5.38. The van der Waals surface area contributed by atoms with Gasteiger partial charge in [-0.15, -0.1) is 0 Å². The lowest BCUT2D eigenvalue weighted by molar-refractivity contribution is -0.353. The Morgan fingerprint density at radius 3 is 1.32 bits per heavy atom. The average Bonchev–Trinajstić information content (AvgIpc) is 2.82. The quantitative estimate of drug-likeness (QED) is 0.100. The van der Waals surface area contributed by atoms with Gasteiger partial charge in [0.1, 0.15) is 26.1 Å². The molecule has 2 unspecified atom stereocenters. The van der Waals surface area contributed by atoms with Crippen molar-refractivity contribution in [2.75, 3.05) is 26.7 Å². The third kappa shape index (κ3) is 44.0. The molecule has 0 aromatic carbocycles. The molecule has 286 valence electrons. The number of halogens is 11. The van der Waals surface area contributed by atoms with Crippen LogP contribution in [0.2, 0.25) is 38.8 Å². The Balaban J connectivity index is -0.0000000584. The highest BCUT2D eigenvalue weighted by molar-refractivity contribution is 6.82. The molecule has 0 heterocycles. The second-order valence-electron chi connectivity index (χ2n) is 6.89. The van der Waals surface area contributed by atoms with Crippen LogP contribution in [0.5, 0.6) is 0 Å². The van der Waals surface area contributed by atoms with Gasteiger partial charge < -0.3 is 21.8 Å². The second kappa shape index (κ2) is 40.9. The normalized spacial score (nSPS) is 13.1. The van der Waals surface area contributed by atoms with Crippen LogP contribution in [0.25, 0.3) is 0 Å². The van der Waals surface area contributed by atoms with E-state index in [1.807, 2.05) is 60.4 Å². The van der Waals surface area contributed by atoms with E-state index in [0.29, 0.717) is 12.5 Å². The van der Waals surface area contributed by atoms with Crippen molar-refractivity contribution in [2.45, 2.75) is 136 Å². The van der Waals surface area contributed by atoms with Crippen LogP contribution in [0.4, 0.5) is 48.7 Å². The maximum atomic E-state index is 13.6. The summed E-state index contributed by atoms with van der Waals surface area (Å²) in [5, 5.41) is 0. The summed E-state index contributed by atoms with van der Waals surface area (Å²) in [5.74, 6) is -4.15. The van der Waals surface area contributed by atoms with Crippen molar-refractivity contribution in [3.8, 4) is 0 Å². The topological polar surface area (TPSA) is 46.2 Å². The Morgan fingerprint density at radius 2 is 1.05 bits per heavy atom. The summed E-state index contributed by atoms with van der Waals surface area (Å²) in [6.07, 6.45) is -9.67. The fourth-order valence-corrected chi connectivity index (χ4v) is 15.0. The predicted molar refractivity (Wildman–Crippen MR) is 176 cm³/mol. The molecule has 0 radical (unpaired) electrons. The summed E-state index contributed by atoms with van der Waals surface area (Å²) >= 11 is 0.